The highest BCUT2D eigenvalue weighted by Gasteiger charge is 2.29. The lowest BCUT2D eigenvalue weighted by Gasteiger charge is -2.19. The van der Waals surface area contributed by atoms with Crippen molar-refractivity contribution in [1.29, 1.82) is 0 Å². The van der Waals surface area contributed by atoms with E-state index < -0.39 is 27.3 Å². The fourth-order valence-electron chi connectivity index (χ4n) is 1.47. The number of aliphatic carboxylic acids is 1. The summed E-state index contributed by atoms with van der Waals surface area (Å²) in [6, 6.07) is 3.97. The number of amides is 1. The van der Waals surface area contributed by atoms with Gasteiger partial charge in [0.25, 0.3) is 0 Å². The van der Waals surface area contributed by atoms with Crippen molar-refractivity contribution in [3.63, 3.8) is 0 Å². The molecule has 0 saturated heterocycles. The van der Waals surface area contributed by atoms with Gasteiger partial charge in [0.2, 0.25) is 15.9 Å². The summed E-state index contributed by atoms with van der Waals surface area (Å²) in [5.74, 6) is -1.85. The average molecular weight is 314 g/mol. The first-order valence-electron chi connectivity index (χ1n) is 6.11. The first-order valence-corrected chi connectivity index (χ1v) is 7.59. The lowest BCUT2D eigenvalue weighted by molar-refractivity contribution is -0.146. The zero-order valence-electron chi connectivity index (χ0n) is 12.0. The Bertz CT molecular complexity index is 680. The molecule has 0 aromatic heterocycles. The first kappa shape index (κ1) is 17.1. The van der Waals surface area contributed by atoms with Gasteiger partial charge in [-0.2, -0.15) is 0 Å². The summed E-state index contributed by atoms with van der Waals surface area (Å²) >= 11 is 0. The molecule has 1 aromatic carbocycles. The summed E-state index contributed by atoms with van der Waals surface area (Å²) in [5, 5.41) is 8.97. The van der Waals surface area contributed by atoms with E-state index in [0.29, 0.717) is 5.56 Å². The van der Waals surface area contributed by atoms with Crippen molar-refractivity contribution in [1.82, 2.24) is 4.72 Å². The van der Waals surface area contributed by atoms with Crippen molar-refractivity contribution < 1.29 is 23.1 Å². The number of carbonyl (C=O) groups excluding carboxylic acids is 1. The molecule has 0 aliphatic carbocycles. The highest BCUT2D eigenvalue weighted by Crippen LogP contribution is 2.18. The van der Waals surface area contributed by atoms with E-state index in [9.17, 15) is 18.0 Å². The number of primary amides is 1. The van der Waals surface area contributed by atoms with Crippen molar-refractivity contribution in [2.45, 2.75) is 25.7 Å². The molecule has 0 heterocycles. The third kappa shape index (κ3) is 4.02. The van der Waals surface area contributed by atoms with Gasteiger partial charge in [-0.25, -0.2) is 13.1 Å². The van der Waals surface area contributed by atoms with Gasteiger partial charge in [-0.3, -0.25) is 9.59 Å². The monoisotopic (exact) mass is 314 g/mol. The molecule has 0 atom stereocenters. The van der Waals surface area contributed by atoms with E-state index in [1.807, 2.05) is 0 Å². The van der Waals surface area contributed by atoms with Crippen molar-refractivity contribution >= 4 is 21.9 Å². The quantitative estimate of drug-likeness (QED) is 0.704. The number of hydrogen-bond donors (Lipinski definition) is 3. The molecular formula is C13H18N2O5S. The van der Waals surface area contributed by atoms with Crippen LogP contribution in [0.5, 0.6) is 0 Å². The molecule has 8 heteroatoms. The molecule has 0 bridgehead atoms. The van der Waals surface area contributed by atoms with Crippen LogP contribution in [0.1, 0.15) is 29.8 Å². The molecule has 0 aliphatic rings. The van der Waals surface area contributed by atoms with E-state index in [1.54, 1.807) is 6.92 Å². The standard InChI is InChI=1S/C13H18N2O5S/c1-8-4-5-9(6-10(8)11(14)16)21(19,20)15-7-13(2,3)12(17)18/h4-6,15H,7H2,1-3H3,(H2,14,16)(H,17,18). The molecule has 116 valence electrons. The van der Waals surface area contributed by atoms with Gasteiger partial charge >= 0.3 is 5.97 Å². The van der Waals surface area contributed by atoms with Crippen molar-refractivity contribution in [2.75, 3.05) is 6.54 Å². The minimum absolute atomic E-state index is 0.107. The summed E-state index contributed by atoms with van der Waals surface area (Å²) < 4.78 is 26.5. The number of rotatable bonds is 6. The minimum Gasteiger partial charge on any atom is -0.481 e. The maximum absolute atomic E-state index is 12.1. The highest BCUT2D eigenvalue weighted by molar-refractivity contribution is 7.89. The molecule has 4 N–H and O–H groups in total. The Labute approximate surface area is 123 Å². The van der Waals surface area contributed by atoms with Crippen LogP contribution in [0.4, 0.5) is 0 Å². The predicted molar refractivity (Wildman–Crippen MR) is 76.3 cm³/mol. The lowest BCUT2D eigenvalue weighted by atomic mass is 9.95. The Morgan fingerprint density at radius 3 is 2.38 bits per heavy atom. The maximum atomic E-state index is 12.1. The van der Waals surface area contributed by atoms with Crippen molar-refractivity contribution in [3.05, 3.63) is 29.3 Å². The number of nitrogens with one attached hydrogen (secondary N) is 1. The van der Waals surface area contributed by atoms with Crippen molar-refractivity contribution in [3.8, 4) is 0 Å². The van der Waals surface area contributed by atoms with Gasteiger partial charge < -0.3 is 10.8 Å². The Balaban J connectivity index is 3.07. The molecule has 0 radical (unpaired) electrons. The van der Waals surface area contributed by atoms with Gasteiger partial charge in [0, 0.05) is 12.1 Å². The normalized spacial score (nSPS) is 12.1. The second-order valence-electron chi connectivity index (χ2n) is 5.35. The molecule has 1 rings (SSSR count). The van der Waals surface area contributed by atoms with E-state index in [2.05, 4.69) is 4.72 Å². The van der Waals surface area contributed by atoms with Crippen LogP contribution in [0.15, 0.2) is 23.1 Å². The number of carboxylic acid groups (broad SMARTS) is 1. The van der Waals surface area contributed by atoms with Crippen LogP contribution in [0.3, 0.4) is 0 Å². The number of carbonyl (C=O) groups is 2. The number of aryl methyl sites for hydroxylation is 1. The number of sulfonamides is 1. The largest absolute Gasteiger partial charge is 0.481 e. The van der Waals surface area contributed by atoms with E-state index in [0.717, 1.165) is 0 Å². The second-order valence-corrected chi connectivity index (χ2v) is 7.12. The van der Waals surface area contributed by atoms with Crippen LogP contribution < -0.4 is 10.5 Å². The summed E-state index contributed by atoms with van der Waals surface area (Å²) in [7, 11) is -3.92. The Hall–Kier alpha value is -1.93. The number of carboxylic acids is 1. The maximum Gasteiger partial charge on any atom is 0.310 e. The van der Waals surface area contributed by atoms with Crippen LogP contribution in [0.25, 0.3) is 0 Å². The molecule has 0 unspecified atom stereocenters. The highest BCUT2D eigenvalue weighted by atomic mass is 32.2. The van der Waals surface area contributed by atoms with Gasteiger partial charge in [-0.05, 0) is 38.5 Å². The van der Waals surface area contributed by atoms with Crippen LogP contribution in [0, 0.1) is 12.3 Å². The molecule has 0 saturated carbocycles. The van der Waals surface area contributed by atoms with Gasteiger partial charge in [0.05, 0.1) is 10.3 Å². The van der Waals surface area contributed by atoms with Crippen molar-refractivity contribution in [2.24, 2.45) is 11.1 Å². The molecular weight excluding hydrogens is 296 g/mol. The number of hydrogen-bond acceptors (Lipinski definition) is 4. The van der Waals surface area contributed by atoms with E-state index in [4.69, 9.17) is 10.8 Å². The van der Waals surface area contributed by atoms with Crippen LogP contribution in [-0.4, -0.2) is 31.9 Å². The lowest BCUT2D eigenvalue weighted by Crippen LogP contribution is -2.38. The molecule has 0 spiro atoms. The molecule has 1 amide bonds. The van der Waals surface area contributed by atoms with Gasteiger partial charge in [-0.1, -0.05) is 6.07 Å². The molecule has 0 aliphatic heterocycles. The summed E-state index contributed by atoms with van der Waals surface area (Å²) in [6.07, 6.45) is 0. The van der Waals surface area contributed by atoms with Gasteiger partial charge in [-0.15, -0.1) is 0 Å². The molecule has 0 fully saturated rings. The molecule has 21 heavy (non-hydrogen) atoms. The Morgan fingerprint density at radius 1 is 1.33 bits per heavy atom. The fourth-order valence-corrected chi connectivity index (χ4v) is 2.71. The first-order chi connectivity index (χ1) is 9.47. The van der Waals surface area contributed by atoms with Gasteiger partial charge in [0.1, 0.15) is 0 Å². The molecule has 7 nitrogen and oxygen atoms in total. The third-order valence-electron chi connectivity index (χ3n) is 3.07. The van der Waals surface area contributed by atoms with E-state index in [-0.39, 0.29) is 17.0 Å². The summed E-state index contributed by atoms with van der Waals surface area (Å²) in [6.45, 7) is 4.17. The fraction of sp³-hybridized carbons (Fsp3) is 0.385. The average Bonchev–Trinajstić information content (AvgIpc) is 2.36. The zero-order chi connectivity index (χ0) is 16.4. The SMILES string of the molecule is Cc1ccc(S(=O)(=O)NCC(C)(C)C(=O)O)cc1C(N)=O. The Morgan fingerprint density at radius 2 is 1.90 bits per heavy atom. The summed E-state index contributed by atoms with van der Waals surface area (Å²) in [4.78, 5) is 22.1. The predicted octanol–water partition coefficient (Wildman–Crippen LogP) is 0.483. The summed E-state index contributed by atoms with van der Waals surface area (Å²) in [5.41, 5.74) is 4.60. The zero-order valence-corrected chi connectivity index (χ0v) is 12.8. The smallest absolute Gasteiger partial charge is 0.310 e. The Kier molecular flexibility index (Phi) is 4.75. The number of benzene rings is 1. The third-order valence-corrected chi connectivity index (χ3v) is 4.47. The second kappa shape index (κ2) is 5.82. The topological polar surface area (TPSA) is 127 Å². The number of nitrogens with two attached hydrogens (primary N) is 1. The van der Waals surface area contributed by atoms with E-state index >= 15 is 0 Å². The minimum atomic E-state index is -3.92. The van der Waals surface area contributed by atoms with Crippen LogP contribution >= 0.6 is 0 Å². The van der Waals surface area contributed by atoms with Crippen LogP contribution in [-0.2, 0) is 14.8 Å². The molecule has 1 aromatic rings. The van der Waals surface area contributed by atoms with Gasteiger partial charge in [0.15, 0.2) is 0 Å². The van der Waals surface area contributed by atoms with Crippen LogP contribution in [0.2, 0.25) is 0 Å². The van der Waals surface area contributed by atoms with E-state index in [1.165, 1.54) is 32.0 Å².